The molecule has 19 heavy (non-hydrogen) atoms. The van der Waals surface area contributed by atoms with E-state index in [0.29, 0.717) is 6.04 Å². The van der Waals surface area contributed by atoms with Gasteiger partial charge in [-0.05, 0) is 49.4 Å². The third-order valence-corrected chi connectivity index (χ3v) is 3.27. The first kappa shape index (κ1) is 16.0. The van der Waals surface area contributed by atoms with Crippen LogP contribution in [0.5, 0.6) is 5.75 Å². The van der Waals surface area contributed by atoms with Crippen LogP contribution in [0.2, 0.25) is 0 Å². The quantitative estimate of drug-likeness (QED) is 0.835. The molecule has 1 rings (SSSR count). The Morgan fingerprint density at radius 2 is 1.95 bits per heavy atom. The largest absolute Gasteiger partial charge is 0.492 e. The summed E-state index contributed by atoms with van der Waals surface area (Å²) >= 11 is 0. The Morgan fingerprint density at radius 3 is 2.47 bits per heavy atom. The van der Waals surface area contributed by atoms with Crippen molar-refractivity contribution in [2.75, 3.05) is 13.2 Å². The van der Waals surface area contributed by atoms with Gasteiger partial charge in [-0.3, -0.25) is 0 Å². The maximum Gasteiger partial charge on any atom is 0.122 e. The smallest absolute Gasteiger partial charge is 0.122 e. The molecule has 0 saturated carbocycles. The second-order valence-corrected chi connectivity index (χ2v) is 6.40. The molecule has 0 aliphatic heterocycles. The maximum absolute atomic E-state index is 5.90. The zero-order valence-electron chi connectivity index (χ0n) is 13.3. The van der Waals surface area contributed by atoms with Crippen molar-refractivity contribution < 1.29 is 4.74 Å². The average Bonchev–Trinajstić information content (AvgIpc) is 2.33. The summed E-state index contributed by atoms with van der Waals surface area (Å²) in [5, 5.41) is 3.43. The van der Waals surface area contributed by atoms with Gasteiger partial charge < -0.3 is 10.1 Å². The molecule has 0 fully saturated rings. The van der Waals surface area contributed by atoms with Crippen LogP contribution < -0.4 is 10.1 Å². The Morgan fingerprint density at radius 1 is 1.26 bits per heavy atom. The van der Waals surface area contributed by atoms with Crippen molar-refractivity contribution in [2.24, 2.45) is 0 Å². The fourth-order valence-electron chi connectivity index (χ4n) is 1.94. The number of hydrogen-bond donors (Lipinski definition) is 1. The molecule has 0 bridgehead atoms. The number of nitrogens with one attached hydrogen (secondary N) is 1. The molecule has 1 atom stereocenters. The molecule has 1 aromatic carbocycles. The molecule has 2 heteroatoms. The highest BCUT2D eigenvalue weighted by molar-refractivity contribution is 5.38. The van der Waals surface area contributed by atoms with Gasteiger partial charge in [0.25, 0.3) is 0 Å². The van der Waals surface area contributed by atoms with Crippen molar-refractivity contribution in [3.05, 3.63) is 29.3 Å². The fourth-order valence-corrected chi connectivity index (χ4v) is 1.94. The van der Waals surface area contributed by atoms with E-state index < -0.39 is 0 Å². The summed E-state index contributed by atoms with van der Waals surface area (Å²) in [4.78, 5) is 0. The first-order valence-electron chi connectivity index (χ1n) is 7.32. The summed E-state index contributed by atoms with van der Waals surface area (Å²) in [6.07, 6.45) is 1.16. The molecule has 108 valence electrons. The zero-order valence-corrected chi connectivity index (χ0v) is 13.3. The lowest BCUT2D eigenvalue weighted by molar-refractivity contribution is 0.272. The van der Waals surface area contributed by atoms with Crippen molar-refractivity contribution in [3.63, 3.8) is 0 Å². The predicted molar refractivity (Wildman–Crippen MR) is 83.1 cm³/mol. The molecule has 0 spiro atoms. The van der Waals surface area contributed by atoms with Gasteiger partial charge in [-0.2, -0.15) is 0 Å². The highest BCUT2D eigenvalue weighted by atomic mass is 16.5. The van der Waals surface area contributed by atoms with Crippen molar-refractivity contribution in [3.8, 4) is 5.75 Å². The summed E-state index contributed by atoms with van der Waals surface area (Å²) < 4.78 is 5.90. The highest BCUT2D eigenvalue weighted by Crippen LogP contribution is 2.27. The third kappa shape index (κ3) is 5.23. The first-order valence-corrected chi connectivity index (χ1v) is 7.32. The van der Waals surface area contributed by atoms with E-state index in [1.54, 1.807) is 0 Å². The highest BCUT2D eigenvalue weighted by Gasteiger charge is 2.14. The molecule has 0 saturated heterocycles. The van der Waals surface area contributed by atoms with Gasteiger partial charge >= 0.3 is 0 Å². The molecule has 0 aliphatic carbocycles. The van der Waals surface area contributed by atoms with Crippen LogP contribution in [0, 0.1) is 6.92 Å². The molecule has 0 heterocycles. The lowest BCUT2D eigenvalue weighted by Gasteiger charge is -2.21. The summed E-state index contributed by atoms with van der Waals surface area (Å²) in [6.45, 7) is 14.9. The van der Waals surface area contributed by atoms with E-state index in [-0.39, 0.29) is 5.41 Å². The molecule has 2 nitrogen and oxygen atoms in total. The molecule has 1 N–H and O–H groups in total. The molecule has 0 aliphatic rings. The van der Waals surface area contributed by atoms with E-state index in [4.69, 9.17) is 4.74 Å². The van der Waals surface area contributed by atoms with Crippen molar-refractivity contribution >= 4 is 0 Å². The predicted octanol–water partition coefficient (Wildman–Crippen LogP) is 4.06. The number of aryl methyl sites for hydroxylation is 1. The minimum atomic E-state index is 0.194. The standard InChI is InChI=1S/C17H29NO/c1-7-10-18-14(3)12-19-16-9-8-15(11-13(16)2)17(4,5)6/h8-9,11,14,18H,7,10,12H2,1-6H3. The minimum absolute atomic E-state index is 0.194. The molecule has 0 radical (unpaired) electrons. The average molecular weight is 263 g/mol. The summed E-state index contributed by atoms with van der Waals surface area (Å²) in [5.41, 5.74) is 2.77. The van der Waals surface area contributed by atoms with Crippen LogP contribution in [0.4, 0.5) is 0 Å². The Labute approximate surface area is 118 Å². The Balaban J connectivity index is 2.60. The molecule has 0 amide bonds. The zero-order chi connectivity index (χ0) is 14.5. The summed E-state index contributed by atoms with van der Waals surface area (Å²) in [7, 11) is 0. The SMILES string of the molecule is CCCNC(C)COc1ccc(C(C)(C)C)cc1C. The van der Waals surface area contributed by atoms with Crippen molar-refractivity contribution in [1.29, 1.82) is 0 Å². The Kier molecular flexibility index (Phi) is 5.86. The van der Waals surface area contributed by atoms with Crippen molar-refractivity contribution in [1.82, 2.24) is 5.32 Å². The van der Waals surface area contributed by atoms with Crippen LogP contribution in [0.3, 0.4) is 0 Å². The van der Waals surface area contributed by atoms with Gasteiger partial charge in [-0.25, -0.2) is 0 Å². The third-order valence-electron chi connectivity index (χ3n) is 3.27. The molecule has 0 aromatic heterocycles. The van der Waals surface area contributed by atoms with Crippen LogP contribution in [0.25, 0.3) is 0 Å². The Bertz CT molecular complexity index is 393. The molecule has 1 unspecified atom stereocenters. The summed E-state index contributed by atoms with van der Waals surface area (Å²) in [5.74, 6) is 0.998. The maximum atomic E-state index is 5.90. The lowest BCUT2D eigenvalue weighted by Crippen LogP contribution is -2.32. The second-order valence-electron chi connectivity index (χ2n) is 6.40. The number of benzene rings is 1. The Hall–Kier alpha value is -1.02. The van der Waals surface area contributed by atoms with E-state index in [0.717, 1.165) is 25.3 Å². The molecular weight excluding hydrogens is 234 g/mol. The van der Waals surface area contributed by atoms with E-state index in [1.807, 2.05) is 0 Å². The van der Waals surface area contributed by atoms with Crippen LogP contribution in [-0.4, -0.2) is 19.2 Å². The monoisotopic (exact) mass is 263 g/mol. The van der Waals surface area contributed by atoms with Gasteiger partial charge in [0.2, 0.25) is 0 Å². The van der Waals surface area contributed by atoms with Crippen LogP contribution >= 0.6 is 0 Å². The van der Waals surface area contributed by atoms with Crippen LogP contribution in [-0.2, 0) is 5.41 Å². The van der Waals surface area contributed by atoms with Gasteiger partial charge in [0, 0.05) is 6.04 Å². The lowest BCUT2D eigenvalue weighted by atomic mass is 9.86. The van der Waals surface area contributed by atoms with Crippen LogP contribution in [0.1, 0.15) is 52.2 Å². The van der Waals surface area contributed by atoms with Gasteiger partial charge in [-0.1, -0.05) is 39.8 Å². The number of ether oxygens (including phenoxy) is 1. The van der Waals surface area contributed by atoms with Gasteiger partial charge in [-0.15, -0.1) is 0 Å². The van der Waals surface area contributed by atoms with Crippen molar-refractivity contribution in [2.45, 2.75) is 59.4 Å². The number of rotatable bonds is 6. The molecular formula is C17H29NO. The van der Waals surface area contributed by atoms with Gasteiger partial charge in [0.1, 0.15) is 12.4 Å². The first-order chi connectivity index (χ1) is 8.84. The summed E-state index contributed by atoms with van der Waals surface area (Å²) in [6, 6.07) is 6.90. The van der Waals surface area contributed by atoms with Crippen LogP contribution in [0.15, 0.2) is 18.2 Å². The van der Waals surface area contributed by atoms with Gasteiger partial charge in [0.15, 0.2) is 0 Å². The fraction of sp³-hybridized carbons (Fsp3) is 0.647. The topological polar surface area (TPSA) is 21.3 Å². The minimum Gasteiger partial charge on any atom is -0.492 e. The van der Waals surface area contributed by atoms with E-state index in [1.165, 1.54) is 11.1 Å². The number of hydrogen-bond acceptors (Lipinski definition) is 2. The van der Waals surface area contributed by atoms with E-state index in [2.05, 4.69) is 65.1 Å². The molecule has 1 aromatic rings. The van der Waals surface area contributed by atoms with Gasteiger partial charge in [0.05, 0.1) is 0 Å². The second kappa shape index (κ2) is 6.95. The van der Waals surface area contributed by atoms with E-state index in [9.17, 15) is 0 Å². The van der Waals surface area contributed by atoms with E-state index >= 15 is 0 Å². The normalized spacial score (nSPS) is 13.4.